The fourth-order valence-electron chi connectivity index (χ4n) is 1.97. The molecule has 0 amide bonds. The highest BCUT2D eigenvalue weighted by molar-refractivity contribution is 7.07. The van der Waals surface area contributed by atoms with Crippen LogP contribution in [0.2, 0.25) is 0 Å². The van der Waals surface area contributed by atoms with E-state index in [-0.39, 0.29) is 6.10 Å². The van der Waals surface area contributed by atoms with Crippen molar-refractivity contribution in [2.75, 3.05) is 0 Å². The minimum absolute atomic E-state index is 0.0371. The highest BCUT2D eigenvalue weighted by Crippen LogP contribution is 2.28. The topological polar surface area (TPSA) is 20.2 Å². The van der Waals surface area contributed by atoms with Crippen molar-refractivity contribution < 1.29 is 5.11 Å². The van der Waals surface area contributed by atoms with Crippen molar-refractivity contribution >= 4 is 11.3 Å². The summed E-state index contributed by atoms with van der Waals surface area (Å²) in [4.78, 5) is 0. The van der Waals surface area contributed by atoms with Gasteiger partial charge in [-0.15, -0.1) is 0 Å². The molecule has 12 heavy (non-hydrogen) atoms. The first kappa shape index (κ1) is 8.27. The zero-order chi connectivity index (χ0) is 8.39. The standard InChI is InChI=1S/C10H14OS/c11-10-3-1-2-9(10)6-8-4-5-12-7-8/h4-5,7,9-11H,1-3,6H2/t9-,10+/m0/s1. The molecule has 1 aromatic rings. The molecular weight excluding hydrogens is 168 g/mol. The summed E-state index contributed by atoms with van der Waals surface area (Å²) < 4.78 is 0. The summed E-state index contributed by atoms with van der Waals surface area (Å²) in [7, 11) is 0. The van der Waals surface area contributed by atoms with Crippen LogP contribution in [0.5, 0.6) is 0 Å². The number of hydrogen-bond donors (Lipinski definition) is 1. The molecule has 0 aliphatic heterocycles. The monoisotopic (exact) mass is 182 g/mol. The van der Waals surface area contributed by atoms with Gasteiger partial charge in [0, 0.05) is 0 Å². The van der Waals surface area contributed by atoms with Gasteiger partial charge in [-0.1, -0.05) is 6.42 Å². The largest absolute Gasteiger partial charge is 0.393 e. The van der Waals surface area contributed by atoms with Crippen molar-refractivity contribution in [1.29, 1.82) is 0 Å². The van der Waals surface area contributed by atoms with E-state index in [1.165, 1.54) is 18.4 Å². The minimum atomic E-state index is -0.0371. The van der Waals surface area contributed by atoms with Crippen molar-refractivity contribution in [3.63, 3.8) is 0 Å². The van der Waals surface area contributed by atoms with Gasteiger partial charge in [0.25, 0.3) is 0 Å². The van der Waals surface area contributed by atoms with Gasteiger partial charge in [0.05, 0.1) is 6.10 Å². The van der Waals surface area contributed by atoms with Gasteiger partial charge in [0.15, 0.2) is 0 Å². The van der Waals surface area contributed by atoms with Crippen LogP contribution in [0.1, 0.15) is 24.8 Å². The Bertz CT molecular complexity index is 230. The van der Waals surface area contributed by atoms with Crippen LogP contribution in [-0.2, 0) is 6.42 Å². The second-order valence-corrected chi connectivity index (χ2v) is 4.37. The van der Waals surface area contributed by atoms with Gasteiger partial charge in [-0.05, 0) is 47.6 Å². The van der Waals surface area contributed by atoms with E-state index in [0.29, 0.717) is 5.92 Å². The predicted molar refractivity (Wildman–Crippen MR) is 51.4 cm³/mol. The van der Waals surface area contributed by atoms with E-state index in [1.54, 1.807) is 11.3 Å². The van der Waals surface area contributed by atoms with Crippen LogP contribution in [-0.4, -0.2) is 11.2 Å². The van der Waals surface area contributed by atoms with E-state index >= 15 is 0 Å². The average Bonchev–Trinajstić information content (AvgIpc) is 2.65. The third-order valence-corrected chi connectivity index (χ3v) is 3.43. The molecule has 1 aliphatic rings. The van der Waals surface area contributed by atoms with E-state index in [9.17, 15) is 5.11 Å². The molecule has 1 nitrogen and oxygen atoms in total. The van der Waals surface area contributed by atoms with Crippen molar-refractivity contribution in [3.8, 4) is 0 Å². The van der Waals surface area contributed by atoms with Gasteiger partial charge in [0.1, 0.15) is 0 Å². The van der Waals surface area contributed by atoms with E-state index in [0.717, 1.165) is 12.8 Å². The van der Waals surface area contributed by atoms with E-state index in [2.05, 4.69) is 16.8 Å². The lowest BCUT2D eigenvalue weighted by Gasteiger charge is -2.12. The summed E-state index contributed by atoms with van der Waals surface area (Å²) in [5, 5.41) is 13.9. The zero-order valence-electron chi connectivity index (χ0n) is 7.07. The summed E-state index contributed by atoms with van der Waals surface area (Å²) in [6, 6.07) is 2.16. The van der Waals surface area contributed by atoms with Crippen LogP contribution < -0.4 is 0 Å². The Kier molecular flexibility index (Phi) is 2.47. The Morgan fingerprint density at radius 2 is 2.42 bits per heavy atom. The molecule has 0 radical (unpaired) electrons. The summed E-state index contributed by atoms with van der Waals surface area (Å²) in [5.41, 5.74) is 1.39. The first-order valence-electron chi connectivity index (χ1n) is 4.55. The van der Waals surface area contributed by atoms with Crippen molar-refractivity contribution in [1.82, 2.24) is 0 Å². The molecule has 0 spiro atoms. The molecule has 0 unspecified atom stereocenters. The van der Waals surface area contributed by atoms with Gasteiger partial charge in [-0.3, -0.25) is 0 Å². The first-order valence-corrected chi connectivity index (χ1v) is 5.49. The predicted octanol–water partition coefficient (Wildman–Crippen LogP) is 2.45. The third kappa shape index (κ3) is 1.70. The Balaban J connectivity index is 1.95. The zero-order valence-corrected chi connectivity index (χ0v) is 7.89. The molecule has 66 valence electrons. The quantitative estimate of drug-likeness (QED) is 0.745. The third-order valence-electron chi connectivity index (χ3n) is 2.70. The lowest BCUT2D eigenvalue weighted by atomic mass is 9.98. The maximum atomic E-state index is 9.59. The van der Waals surface area contributed by atoms with Gasteiger partial charge in [-0.25, -0.2) is 0 Å². The molecule has 2 atom stereocenters. The van der Waals surface area contributed by atoms with Crippen molar-refractivity contribution in [2.24, 2.45) is 5.92 Å². The maximum Gasteiger partial charge on any atom is 0.0571 e. The summed E-state index contributed by atoms with van der Waals surface area (Å²) in [6.45, 7) is 0. The molecule has 1 N–H and O–H groups in total. The molecule has 2 heteroatoms. The Morgan fingerprint density at radius 1 is 1.50 bits per heavy atom. The lowest BCUT2D eigenvalue weighted by Crippen LogP contribution is -2.14. The number of hydrogen-bond acceptors (Lipinski definition) is 2. The van der Waals surface area contributed by atoms with Gasteiger partial charge in [0.2, 0.25) is 0 Å². The fraction of sp³-hybridized carbons (Fsp3) is 0.600. The van der Waals surface area contributed by atoms with Gasteiger partial charge >= 0.3 is 0 Å². The van der Waals surface area contributed by atoms with E-state index in [1.807, 2.05) is 0 Å². The fourth-order valence-corrected chi connectivity index (χ4v) is 2.65. The van der Waals surface area contributed by atoms with E-state index < -0.39 is 0 Å². The molecule has 1 fully saturated rings. The number of rotatable bonds is 2. The highest BCUT2D eigenvalue weighted by atomic mass is 32.1. The average molecular weight is 182 g/mol. The number of aliphatic hydroxyl groups is 1. The second-order valence-electron chi connectivity index (χ2n) is 3.59. The van der Waals surface area contributed by atoms with Crippen LogP contribution in [0.3, 0.4) is 0 Å². The van der Waals surface area contributed by atoms with Crippen LogP contribution in [0.25, 0.3) is 0 Å². The van der Waals surface area contributed by atoms with Crippen molar-refractivity contribution in [3.05, 3.63) is 22.4 Å². The molecule has 0 bridgehead atoms. The van der Waals surface area contributed by atoms with Crippen LogP contribution >= 0.6 is 11.3 Å². The number of aliphatic hydroxyl groups excluding tert-OH is 1. The SMILES string of the molecule is O[C@@H]1CCC[C@H]1Cc1ccsc1. The summed E-state index contributed by atoms with van der Waals surface area (Å²) >= 11 is 1.74. The Labute approximate surface area is 77.0 Å². The normalized spacial score (nSPS) is 29.4. The second kappa shape index (κ2) is 3.58. The van der Waals surface area contributed by atoms with Crippen LogP contribution in [0.4, 0.5) is 0 Å². The number of thiophene rings is 1. The van der Waals surface area contributed by atoms with Gasteiger partial charge in [-0.2, -0.15) is 11.3 Å². The highest BCUT2D eigenvalue weighted by Gasteiger charge is 2.24. The minimum Gasteiger partial charge on any atom is -0.393 e. The molecule has 0 aromatic carbocycles. The van der Waals surface area contributed by atoms with Gasteiger partial charge < -0.3 is 5.11 Å². The summed E-state index contributed by atoms with van der Waals surface area (Å²) in [5.74, 6) is 0.527. The summed E-state index contributed by atoms with van der Waals surface area (Å²) in [6.07, 6.45) is 4.46. The van der Waals surface area contributed by atoms with Crippen LogP contribution in [0, 0.1) is 5.92 Å². The molecule has 1 aromatic heterocycles. The molecule has 1 heterocycles. The maximum absolute atomic E-state index is 9.59. The lowest BCUT2D eigenvalue weighted by molar-refractivity contribution is 0.133. The molecule has 1 saturated carbocycles. The Hall–Kier alpha value is -0.340. The van der Waals surface area contributed by atoms with E-state index in [4.69, 9.17) is 0 Å². The molecular formula is C10H14OS. The smallest absolute Gasteiger partial charge is 0.0571 e. The molecule has 0 saturated heterocycles. The Morgan fingerprint density at radius 3 is 3.00 bits per heavy atom. The van der Waals surface area contributed by atoms with Crippen LogP contribution in [0.15, 0.2) is 16.8 Å². The van der Waals surface area contributed by atoms with Crippen molar-refractivity contribution in [2.45, 2.75) is 31.8 Å². The molecule has 2 rings (SSSR count). The molecule has 1 aliphatic carbocycles. The first-order chi connectivity index (χ1) is 5.86.